The lowest BCUT2D eigenvalue weighted by Crippen LogP contribution is -2.34. The molecule has 5 heteroatoms. The topological polar surface area (TPSA) is 66.6 Å². The Morgan fingerprint density at radius 1 is 1.56 bits per heavy atom. The van der Waals surface area contributed by atoms with Gasteiger partial charge >= 0.3 is 5.97 Å². The van der Waals surface area contributed by atoms with Gasteiger partial charge in [-0.2, -0.15) is 0 Å². The van der Waals surface area contributed by atoms with Crippen LogP contribution in [0.1, 0.15) is 35.3 Å². The average Bonchev–Trinajstić information content (AvgIpc) is 2.69. The van der Waals surface area contributed by atoms with Crippen LogP contribution in [0.2, 0.25) is 0 Å². The Morgan fingerprint density at radius 2 is 2.39 bits per heavy atom. The summed E-state index contributed by atoms with van der Waals surface area (Å²) in [4.78, 5) is 15.1. The Balaban J connectivity index is 1.82. The molecule has 5 nitrogen and oxygen atoms in total. The second-order valence-electron chi connectivity index (χ2n) is 4.71. The number of carbonyl (C=O) groups is 1. The Labute approximate surface area is 104 Å². The zero-order chi connectivity index (χ0) is 12.5. The summed E-state index contributed by atoms with van der Waals surface area (Å²) in [6, 6.07) is 3.83. The first kappa shape index (κ1) is 11.2. The molecule has 0 spiro atoms. The van der Waals surface area contributed by atoms with Gasteiger partial charge < -0.3 is 14.8 Å². The summed E-state index contributed by atoms with van der Waals surface area (Å²) in [5, 5.41) is 12.4. The van der Waals surface area contributed by atoms with E-state index in [9.17, 15) is 4.79 Å². The van der Waals surface area contributed by atoms with Crippen molar-refractivity contribution in [2.45, 2.75) is 31.8 Å². The molecule has 0 bridgehead atoms. The average molecular weight is 245 g/mol. The standard InChI is InChI=1S/C13H15N3O2/c17-13(18)9-4-5-16-11(8-15-12(16)6-9)7-14-10-2-1-3-10/h4-6,8,10,14H,1-3,7H2,(H,17,18). The van der Waals surface area contributed by atoms with E-state index in [0.717, 1.165) is 12.2 Å². The van der Waals surface area contributed by atoms with Crippen LogP contribution in [0.25, 0.3) is 5.65 Å². The van der Waals surface area contributed by atoms with Gasteiger partial charge in [0, 0.05) is 18.8 Å². The molecule has 94 valence electrons. The number of pyridine rings is 1. The highest BCUT2D eigenvalue weighted by Crippen LogP contribution is 2.18. The van der Waals surface area contributed by atoms with Gasteiger partial charge in [-0.05, 0) is 25.0 Å². The van der Waals surface area contributed by atoms with Crippen molar-refractivity contribution in [3.05, 3.63) is 35.8 Å². The molecule has 2 N–H and O–H groups in total. The van der Waals surface area contributed by atoms with Crippen molar-refractivity contribution in [3.63, 3.8) is 0 Å². The first-order chi connectivity index (χ1) is 8.74. The van der Waals surface area contributed by atoms with E-state index in [1.54, 1.807) is 24.5 Å². The van der Waals surface area contributed by atoms with Crippen LogP contribution in [0.3, 0.4) is 0 Å². The minimum atomic E-state index is -0.922. The molecule has 0 saturated heterocycles. The van der Waals surface area contributed by atoms with Crippen molar-refractivity contribution >= 4 is 11.6 Å². The minimum absolute atomic E-state index is 0.270. The van der Waals surface area contributed by atoms with Gasteiger partial charge in [-0.25, -0.2) is 9.78 Å². The summed E-state index contributed by atoms with van der Waals surface area (Å²) in [5.41, 5.74) is 2.01. The molecule has 0 unspecified atom stereocenters. The first-order valence-electron chi connectivity index (χ1n) is 6.17. The number of aromatic nitrogens is 2. The maximum atomic E-state index is 10.9. The third-order valence-electron chi connectivity index (χ3n) is 3.51. The van der Waals surface area contributed by atoms with Crippen LogP contribution in [0.15, 0.2) is 24.5 Å². The van der Waals surface area contributed by atoms with E-state index in [2.05, 4.69) is 10.3 Å². The van der Waals surface area contributed by atoms with E-state index in [1.807, 2.05) is 4.40 Å². The summed E-state index contributed by atoms with van der Waals surface area (Å²) < 4.78 is 1.93. The summed E-state index contributed by atoms with van der Waals surface area (Å²) in [7, 11) is 0. The zero-order valence-electron chi connectivity index (χ0n) is 9.97. The number of nitrogens with one attached hydrogen (secondary N) is 1. The molecule has 2 heterocycles. The number of aromatic carboxylic acids is 1. The van der Waals surface area contributed by atoms with Crippen LogP contribution >= 0.6 is 0 Å². The summed E-state index contributed by atoms with van der Waals surface area (Å²) >= 11 is 0. The third kappa shape index (κ3) is 1.97. The number of nitrogens with zero attached hydrogens (tertiary/aromatic N) is 2. The SMILES string of the molecule is O=C(O)c1ccn2c(CNC3CCC3)cnc2c1. The van der Waals surface area contributed by atoms with E-state index in [4.69, 9.17) is 5.11 Å². The summed E-state index contributed by atoms with van der Waals surface area (Å²) in [6.45, 7) is 0.776. The molecule has 0 radical (unpaired) electrons. The molecular weight excluding hydrogens is 230 g/mol. The normalized spacial score (nSPS) is 15.8. The fourth-order valence-electron chi connectivity index (χ4n) is 2.16. The Kier molecular flexibility index (Phi) is 2.76. The van der Waals surface area contributed by atoms with Crippen molar-refractivity contribution in [3.8, 4) is 0 Å². The highest BCUT2D eigenvalue weighted by molar-refractivity contribution is 5.88. The molecule has 0 amide bonds. The highest BCUT2D eigenvalue weighted by Gasteiger charge is 2.17. The largest absolute Gasteiger partial charge is 0.478 e. The number of rotatable bonds is 4. The zero-order valence-corrected chi connectivity index (χ0v) is 9.97. The fourth-order valence-corrected chi connectivity index (χ4v) is 2.16. The van der Waals surface area contributed by atoms with Gasteiger partial charge in [0.05, 0.1) is 17.5 Å². The molecule has 3 rings (SSSR count). The highest BCUT2D eigenvalue weighted by atomic mass is 16.4. The first-order valence-corrected chi connectivity index (χ1v) is 6.17. The molecule has 18 heavy (non-hydrogen) atoms. The molecular formula is C13H15N3O2. The lowest BCUT2D eigenvalue weighted by Gasteiger charge is -2.26. The second kappa shape index (κ2) is 4.42. The van der Waals surface area contributed by atoms with Crippen molar-refractivity contribution in [2.75, 3.05) is 0 Å². The number of fused-ring (bicyclic) bond motifs is 1. The predicted molar refractivity (Wildman–Crippen MR) is 66.6 cm³/mol. The number of imidazole rings is 1. The maximum absolute atomic E-state index is 10.9. The van der Waals surface area contributed by atoms with Crippen molar-refractivity contribution in [1.29, 1.82) is 0 Å². The lowest BCUT2D eigenvalue weighted by atomic mass is 9.93. The van der Waals surface area contributed by atoms with E-state index >= 15 is 0 Å². The molecule has 1 aliphatic rings. The Bertz CT molecular complexity index is 587. The van der Waals surface area contributed by atoms with Gasteiger partial charge in [0.2, 0.25) is 0 Å². The molecule has 2 aromatic heterocycles. The lowest BCUT2D eigenvalue weighted by molar-refractivity contribution is 0.0697. The van der Waals surface area contributed by atoms with Gasteiger partial charge in [0.25, 0.3) is 0 Å². The van der Waals surface area contributed by atoms with Crippen LogP contribution in [-0.4, -0.2) is 26.5 Å². The van der Waals surface area contributed by atoms with Gasteiger partial charge in [-0.1, -0.05) is 6.42 Å². The number of hydrogen-bond acceptors (Lipinski definition) is 3. The molecule has 0 atom stereocenters. The van der Waals surface area contributed by atoms with E-state index in [0.29, 0.717) is 11.7 Å². The Morgan fingerprint density at radius 3 is 3.06 bits per heavy atom. The molecule has 0 aliphatic heterocycles. The molecule has 1 fully saturated rings. The third-order valence-corrected chi connectivity index (χ3v) is 3.51. The van der Waals surface area contributed by atoms with E-state index in [1.165, 1.54) is 19.3 Å². The van der Waals surface area contributed by atoms with Crippen molar-refractivity contribution < 1.29 is 9.90 Å². The van der Waals surface area contributed by atoms with Gasteiger partial charge in [-0.15, -0.1) is 0 Å². The Hall–Kier alpha value is -1.88. The van der Waals surface area contributed by atoms with Crippen LogP contribution < -0.4 is 5.32 Å². The second-order valence-corrected chi connectivity index (χ2v) is 4.71. The summed E-state index contributed by atoms with van der Waals surface area (Å²) in [5.74, 6) is -0.922. The van der Waals surface area contributed by atoms with Gasteiger partial charge in [0.15, 0.2) is 0 Å². The quantitative estimate of drug-likeness (QED) is 0.860. The molecule has 0 aromatic carbocycles. The summed E-state index contributed by atoms with van der Waals surface area (Å²) in [6.07, 6.45) is 7.38. The number of carboxylic acids is 1. The van der Waals surface area contributed by atoms with Crippen LogP contribution in [0, 0.1) is 0 Å². The monoisotopic (exact) mass is 245 g/mol. The van der Waals surface area contributed by atoms with Crippen molar-refractivity contribution in [2.24, 2.45) is 0 Å². The smallest absolute Gasteiger partial charge is 0.335 e. The molecule has 1 aliphatic carbocycles. The van der Waals surface area contributed by atoms with Gasteiger partial charge in [-0.3, -0.25) is 0 Å². The van der Waals surface area contributed by atoms with Crippen LogP contribution in [0.4, 0.5) is 0 Å². The number of hydrogen-bond donors (Lipinski definition) is 2. The van der Waals surface area contributed by atoms with Gasteiger partial charge in [0.1, 0.15) is 5.65 Å². The van der Waals surface area contributed by atoms with E-state index in [-0.39, 0.29) is 5.56 Å². The number of carboxylic acid groups (broad SMARTS) is 1. The molecule has 1 saturated carbocycles. The van der Waals surface area contributed by atoms with Crippen LogP contribution in [-0.2, 0) is 6.54 Å². The molecule has 2 aromatic rings. The predicted octanol–water partition coefficient (Wildman–Crippen LogP) is 1.67. The minimum Gasteiger partial charge on any atom is -0.478 e. The van der Waals surface area contributed by atoms with Crippen molar-refractivity contribution in [1.82, 2.24) is 14.7 Å². The fraction of sp³-hybridized carbons (Fsp3) is 0.385. The van der Waals surface area contributed by atoms with E-state index < -0.39 is 5.97 Å². The maximum Gasteiger partial charge on any atom is 0.335 e. The van der Waals surface area contributed by atoms with Crippen LogP contribution in [0.5, 0.6) is 0 Å².